The normalized spacial score (nSPS) is 11.2. The fourth-order valence-electron chi connectivity index (χ4n) is 3.10. The van der Waals surface area contributed by atoms with E-state index in [1.807, 2.05) is 48.7 Å². The van der Waals surface area contributed by atoms with Gasteiger partial charge in [0.25, 0.3) is 5.56 Å². The number of benzene rings is 1. The van der Waals surface area contributed by atoms with Gasteiger partial charge in [-0.15, -0.1) is 10.2 Å². The van der Waals surface area contributed by atoms with Crippen molar-refractivity contribution >= 4 is 17.4 Å². The molecule has 1 aromatic carbocycles. The van der Waals surface area contributed by atoms with E-state index in [-0.39, 0.29) is 5.56 Å². The Kier molecular flexibility index (Phi) is 4.53. The van der Waals surface area contributed by atoms with Crippen LogP contribution in [0, 0.1) is 20.8 Å². The Morgan fingerprint density at radius 3 is 2.63 bits per heavy atom. The van der Waals surface area contributed by atoms with E-state index < -0.39 is 0 Å². The molecule has 0 bridgehead atoms. The van der Waals surface area contributed by atoms with Crippen molar-refractivity contribution in [2.75, 3.05) is 0 Å². The van der Waals surface area contributed by atoms with Crippen molar-refractivity contribution in [1.82, 2.24) is 24.1 Å². The highest BCUT2D eigenvalue weighted by molar-refractivity contribution is 7.98. The zero-order valence-electron chi connectivity index (χ0n) is 15.4. The third kappa shape index (κ3) is 3.26. The van der Waals surface area contributed by atoms with Crippen LogP contribution in [0.1, 0.15) is 22.8 Å². The van der Waals surface area contributed by atoms with E-state index in [1.165, 1.54) is 11.8 Å². The van der Waals surface area contributed by atoms with Crippen LogP contribution in [0.15, 0.2) is 58.5 Å². The number of hydrogen-bond donors (Lipinski definition) is 0. The Morgan fingerprint density at radius 1 is 1.00 bits per heavy atom. The van der Waals surface area contributed by atoms with Crippen molar-refractivity contribution in [2.45, 2.75) is 31.7 Å². The summed E-state index contributed by atoms with van der Waals surface area (Å²) in [6.07, 6.45) is 0. The maximum Gasteiger partial charge on any atom is 0.258 e. The second-order valence-electron chi connectivity index (χ2n) is 6.39. The summed E-state index contributed by atoms with van der Waals surface area (Å²) in [5.74, 6) is 1.37. The van der Waals surface area contributed by atoms with Gasteiger partial charge >= 0.3 is 0 Å². The number of aryl methyl sites for hydroxylation is 3. The monoisotopic (exact) mass is 377 g/mol. The third-order valence-corrected chi connectivity index (χ3v) is 5.40. The minimum absolute atomic E-state index is 0.0646. The number of nitrogens with zero attached hydrogens (tertiary/aromatic N) is 5. The lowest BCUT2D eigenvalue weighted by molar-refractivity contribution is 0.860. The van der Waals surface area contributed by atoms with Crippen molar-refractivity contribution in [3.63, 3.8) is 0 Å². The van der Waals surface area contributed by atoms with Crippen LogP contribution in [0.2, 0.25) is 0 Å². The second-order valence-corrected chi connectivity index (χ2v) is 7.33. The van der Waals surface area contributed by atoms with E-state index in [2.05, 4.69) is 34.2 Å². The fourth-order valence-corrected chi connectivity index (χ4v) is 3.99. The Balaban J connectivity index is 1.67. The summed E-state index contributed by atoms with van der Waals surface area (Å²) in [5.41, 5.74) is 4.41. The van der Waals surface area contributed by atoms with E-state index in [0.29, 0.717) is 11.4 Å². The summed E-state index contributed by atoms with van der Waals surface area (Å²) in [5, 5.41) is 9.33. The minimum atomic E-state index is -0.0646. The molecule has 0 aliphatic rings. The lowest BCUT2D eigenvalue weighted by Crippen LogP contribution is -2.17. The first-order valence-corrected chi connectivity index (χ1v) is 9.62. The molecular formula is C20H19N5OS. The van der Waals surface area contributed by atoms with Gasteiger partial charge in [0.05, 0.1) is 11.4 Å². The lowest BCUT2D eigenvalue weighted by atomic mass is 10.2. The Hall–Kier alpha value is -2.93. The molecule has 0 N–H and O–H groups in total. The molecule has 27 heavy (non-hydrogen) atoms. The molecule has 0 amide bonds. The summed E-state index contributed by atoms with van der Waals surface area (Å²) in [6.45, 7) is 5.91. The summed E-state index contributed by atoms with van der Waals surface area (Å²) in [4.78, 5) is 17.1. The smallest absolute Gasteiger partial charge is 0.258 e. The first kappa shape index (κ1) is 17.5. The number of pyridine rings is 1. The molecule has 7 heteroatoms. The van der Waals surface area contributed by atoms with E-state index >= 15 is 0 Å². The van der Waals surface area contributed by atoms with Gasteiger partial charge in [-0.2, -0.15) is 0 Å². The highest BCUT2D eigenvalue weighted by Crippen LogP contribution is 2.26. The number of hydrogen-bond acceptors (Lipinski definition) is 5. The van der Waals surface area contributed by atoms with Crippen molar-refractivity contribution in [2.24, 2.45) is 0 Å². The Labute approximate surface area is 160 Å². The molecule has 0 radical (unpaired) electrons. The van der Waals surface area contributed by atoms with Crippen molar-refractivity contribution in [1.29, 1.82) is 0 Å². The van der Waals surface area contributed by atoms with Crippen LogP contribution in [-0.4, -0.2) is 24.1 Å². The topological polar surface area (TPSA) is 65.1 Å². The molecule has 136 valence electrons. The average Bonchev–Trinajstić information content (AvgIpc) is 3.01. The van der Waals surface area contributed by atoms with Crippen molar-refractivity contribution in [3.05, 3.63) is 81.7 Å². The summed E-state index contributed by atoms with van der Waals surface area (Å²) in [7, 11) is 0. The second kappa shape index (κ2) is 7.00. The summed E-state index contributed by atoms with van der Waals surface area (Å²) in [6, 6.07) is 15.4. The van der Waals surface area contributed by atoms with Crippen LogP contribution < -0.4 is 5.56 Å². The molecule has 0 fully saturated rings. The fraction of sp³-hybridized carbons (Fsp3) is 0.200. The zero-order valence-corrected chi connectivity index (χ0v) is 16.2. The van der Waals surface area contributed by atoms with Crippen molar-refractivity contribution in [3.8, 4) is 5.69 Å². The van der Waals surface area contributed by atoms with Gasteiger partial charge < -0.3 is 0 Å². The first-order chi connectivity index (χ1) is 13.0. The number of aromatic nitrogens is 5. The molecular weight excluding hydrogens is 358 g/mol. The lowest BCUT2D eigenvalue weighted by Gasteiger charge is -2.11. The number of rotatable bonds is 4. The zero-order chi connectivity index (χ0) is 19.0. The Morgan fingerprint density at radius 2 is 1.81 bits per heavy atom. The van der Waals surface area contributed by atoms with E-state index in [4.69, 9.17) is 0 Å². The first-order valence-electron chi connectivity index (χ1n) is 8.64. The molecule has 4 aromatic rings. The largest absolute Gasteiger partial charge is 0.274 e. The molecule has 0 unspecified atom stereocenters. The standard InChI is InChI=1S/C20H19N5OS/c1-13-7-4-5-9-17(13)25-15(3)22-23-20(25)27-12-16-11-19(26)24-14(2)8-6-10-18(24)21-16/h4-11H,12H2,1-3H3. The van der Waals surface area contributed by atoms with Crippen LogP contribution in [0.5, 0.6) is 0 Å². The van der Waals surface area contributed by atoms with Gasteiger partial charge in [-0.3, -0.25) is 13.8 Å². The van der Waals surface area contributed by atoms with Gasteiger partial charge in [0.1, 0.15) is 11.5 Å². The quantitative estimate of drug-likeness (QED) is 0.509. The minimum Gasteiger partial charge on any atom is -0.274 e. The van der Waals surface area contributed by atoms with E-state index in [1.54, 1.807) is 10.5 Å². The average molecular weight is 377 g/mol. The summed E-state index contributed by atoms with van der Waals surface area (Å²) < 4.78 is 3.66. The number of thioether (sulfide) groups is 1. The maximum absolute atomic E-state index is 12.4. The Bertz CT molecular complexity index is 1190. The van der Waals surface area contributed by atoms with Crippen LogP contribution in [0.25, 0.3) is 11.3 Å². The van der Waals surface area contributed by atoms with Crippen LogP contribution >= 0.6 is 11.8 Å². The van der Waals surface area contributed by atoms with Gasteiger partial charge in [-0.1, -0.05) is 36.0 Å². The van der Waals surface area contributed by atoms with Crippen LogP contribution in [0.4, 0.5) is 0 Å². The number of para-hydroxylation sites is 1. The molecule has 0 saturated carbocycles. The molecule has 0 aliphatic heterocycles. The molecule has 0 saturated heterocycles. The van der Waals surface area contributed by atoms with E-state index in [0.717, 1.165) is 33.6 Å². The SMILES string of the molecule is Cc1ccccc1-n1c(C)nnc1SCc1cc(=O)n2c(C)cccc2n1. The predicted molar refractivity (Wildman–Crippen MR) is 107 cm³/mol. The van der Waals surface area contributed by atoms with Crippen LogP contribution in [-0.2, 0) is 5.75 Å². The molecule has 0 aliphatic carbocycles. The van der Waals surface area contributed by atoms with Gasteiger partial charge in [-0.25, -0.2) is 4.98 Å². The van der Waals surface area contributed by atoms with Gasteiger partial charge in [0.2, 0.25) is 0 Å². The highest BCUT2D eigenvalue weighted by atomic mass is 32.2. The van der Waals surface area contributed by atoms with Gasteiger partial charge in [0.15, 0.2) is 5.16 Å². The molecule has 3 heterocycles. The highest BCUT2D eigenvalue weighted by Gasteiger charge is 2.14. The predicted octanol–water partition coefficient (Wildman–Crippen LogP) is 3.49. The van der Waals surface area contributed by atoms with Crippen LogP contribution in [0.3, 0.4) is 0 Å². The molecule has 4 rings (SSSR count). The van der Waals surface area contributed by atoms with Gasteiger partial charge in [-0.05, 0) is 44.5 Å². The number of fused-ring (bicyclic) bond motifs is 1. The third-order valence-electron chi connectivity index (χ3n) is 4.43. The molecule has 3 aromatic heterocycles. The molecule has 6 nitrogen and oxygen atoms in total. The van der Waals surface area contributed by atoms with Gasteiger partial charge in [0, 0.05) is 17.5 Å². The van der Waals surface area contributed by atoms with E-state index in [9.17, 15) is 4.79 Å². The summed E-state index contributed by atoms with van der Waals surface area (Å²) >= 11 is 1.52. The maximum atomic E-state index is 12.4. The molecule has 0 spiro atoms. The van der Waals surface area contributed by atoms with Crippen molar-refractivity contribution < 1.29 is 0 Å². The molecule has 0 atom stereocenters.